The van der Waals surface area contributed by atoms with E-state index in [0.717, 1.165) is 6.07 Å². The molecule has 0 heterocycles. The molecule has 0 unspecified atom stereocenters. The SMILES string of the molecule is O=COC(=O)c1ccccc1[N+](=O)[O-]. The van der Waals surface area contributed by atoms with Crippen LogP contribution in [0, 0.1) is 10.1 Å². The minimum atomic E-state index is -1.03. The van der Waals surface area contributed by atoms with Gasteiger partial charge < -0.3 is 4.74 Å². The molecule has 0 fully saturated rings. The number of nitro benzene ring substituents is 1. The zero-order chi connectivity index (χ0) is 10.6. The topological polar surface area (TPSA) is 86.5 Å². The lowest BCUT2D eigenvalue weighted by Crippen LogP contribution is -2.06. The molecular formula is C8H5NO5. The van der Waals surface area contributed by atoms with Crippen LogP contribution in [0.3, 0.4) is 0 Å². The predicted octanol–water partition coefficient (Wildman–Crippen LogP) is 0.908. The first-order valence-corrected chi connectivity index (χ1v) is 3.55. The third-order valence-electron chi connectivity index (χ3n) is 1.48. The minimum Gasteiger partial charge on any atom is -0.392 e. The van der Waals surface area contributed by atoms with Crippen LogP contribution in [0.5, 0.6) is 0 Å². The van der Waals surface area contributed by atoms with E-state index in [4.69, 9.17) is 0 Å². The third-order valence-corrected chi connectivity index (χ3v) is 1.48. The second kappa shape index (κ2) is 4.13. The Morgan fingerprint density at radius 2 is 2.07 bits per heavy atom. The fourth-order valence-electron chi connectivity index (χ4n) is 0.913. The molecule has 72 valence electrons. The number of para-hydroxylation sites is 1. The number of ether oxygens (including phenoxy) is 1. The van der Waals surface area contributed by atoms with Crippen LogP contribution in [0.2, 0.25) is 0 Å². The van der Waals surface area contributed by atoms with Gasteiger partial charge in [0.25, 0.3) is 5.69 Å². The molecule has 6 nitrogen and oxygen atoms in total. The second-order valence-electron chi connectivity index (χ2n) is 2.28. The maximum Gasteiger partial charge on any atom is 0.352 e. The summed E-state index contributed by atoms with van der Waals surface area (Å²) >= 11 is 0. The van der Waals surface area contributed by atoms with Crippen molar-refractivity contribution in [3.05, 3.63) is 39.9 Å². The first-order chi connectivity index (χ1) is 6.66. The number of nitro groups is 1. The Morgan fingerprint density at radius 3 is 2.64 bits per heavy atom. The number of hydrogen-bond donors (Lipinski definition) is 0. The smallest absolute Gasteiger partial charge is 0.352 e. The van der Waals surface area contributed by atoms with Crippen molar-refractivity contribution < 1.29 is 19.2 Å². The summed E-state index contributed by atoms with van der Waals surface area (Å²) in [7, 11) is 0. The molecule has 0 aliphatic carbocycles. The summed E-state index contributed by atoms with van der Waals surface area (Å²) in [5.41, 5.74) is -0.635. The summed E-state index contributed by atoms with van der Waals surface area (Å²) < 4.78 is 3.99. The van der Waals surface area contributed by atoms with Crippen LogP contribution in [0.4, 0.5) is 5.69 Å². The Morgan fingerprint density at radius 1 is 1.43 bits per heavy atom. The molecule has 0 saturated carbocycles. The van der Waals surface area contributed by atoms with Gasteiger partial charge in [-0.15, -0.1) is 0 Å². The molecule has 0 radical (unpaired) electrons. The molecule has 0 saturated heterocycles. The van der Waals surface area contributed by atoms with E-state index < -0.39 is 10.9 Å². The van der Waals surface area contributed by atoms with Crippen molar-refractivity contribution in [2.75, 3.05) is 0 Å². The minimum absolute atomic E-state index is 0.0704. The summed E-state index contributed by atoms with van der Waals surface area (Å²) in [4.78, 5) is 30.6. The number of esters is 1. The molecule has 0 spiro atoms. The number of hydrogen-bond acceptors (Lipinski definition) is 5. The van der Waals surface area contributed by atoms with Gasteiger partial charge in [0, 0.05) is 6.07 Å². The van der Waals surface area contributed by atoms with Crippen molar-refractivity contribution in [3.63, 3.8) is 0 Å². The van der Waals surface area contributed by atoms with Crippen LogP contribution in [0.15, 0.2) is 24.3 Å². The quantitative estimate of drug-likeness (QED) is 0.235. The zero-order valence-corrected chi connectivity index (χ0v) is 6.88. The van der Waals surface area contributed by atoms with Gasteiger partial charge in [-0.05, 0) is 6.07 Å². The van der Waals surface area contributed by atoms with Crippen LogP contribution < -0.4 is 0 Å². The molecule has 0 aliphatic rings. The first kappa shape index (κ1) is 9.85. The molecular weight excluding hydrogens is 190 g/mol. The van der Waals surface area contributed by atoms with Gasteiger partial charge >= 0.3 is 12.4 Å². The fourth-order valence-corrected chi connectivity index (χ4v) is 0.913. The van der Waals surface area contributed by atoms with Crippen LogP contribution in [-0.2, 0) is 9.53 Å². The Labute approximate surface area is 78.3 Å². The van der Waals surface area contributed by atoms with Crippen LogP contribution in [0.25, 0.3) is 0 Å². The maximum atomic E-state index is 11.0. The standard InChI is InChI=1S/C8H5NO5/c10-5-14-8(11)6-3-1-2-4-7(6)9(12)13/h1-5H. The van der Waals surface area contributed by atoms with Crippen molar-refractivity contribution in [2.45, 2.75) is 0 Å². The van der Waals surface area contributed by atoms with Gasteiger partial charge in [-0.25, -0.2) is 4.79 Å². The first-order valence-electron chi connectivity index (χ1n) is 3.55. The zero-order valence-electron chi connectivity index (χ0n) is 6.88. The van der Waals surface area contributed by atoms with E-state index in [1.807, 2.05) is 0 Å². The molecule has 0 aliphatic heterocycles. The van der Waals surface area contributed by atoms with E-state index in [9.17, 15) is 19.7 Å². The Balaban J connectivity index is 3.12. The van der Waals surface area contributed by atoms with Crippen LogP contribution in [-0.4, -0.2) is 17.4 Å². The molecule has 0 bridgehead atoms. The number of benzene rings is 1. The van der Waals surface area contributed by atoms with Crippen molar-refractivity contribution in [1.29, 1.82) is 0 Å². The molecule has 14 heavy (non-hydrogen) atoms. The summed E-state index contributed by atoms with van der Waals surface area (Å²) in [6.07, 6.45) is 0. The van der Waals surface area contributed by atoms with E-state index >= 15 is 0 Å². The lowest BCUT2D eigenvalue weighted by atomic mass is 10.2. The molecule has 1 aromatic carbocycles. The number of carbonyl (C=O) groups is 2. The summed E-state index contributed by atoms with van der Waals surface area (Å²) in [6.45, 7) is -0.0704. The van der Waals surface area contributed by atoms with Gasteiger partial charge in [-0.2, -0.15) is 0 Å². The lowest BCUT2D eigenvalue weighted by molar-refractivity contribution is -0.385. The molecule has 0 aromatic heterocycles. The van der Waals surface area contributed by atoms with Crippen LogP contribution in [0.1, 0.15) is 10.4 Å². The fraction of sp³-hybridized carbons (Fsp3) is 0. The van der Waals surface area contributed by atoms with Crippen LogP contribution >= 0.6 is 0 Å². The maximum absolute atomic E-state index is 11.0. The predicted molar refractivity (Wildman–Crippen MR) is 44.6 cm³/mol. The summed E-state index contributed by atoms with van der Waals surface area (Å²) in [6, 6.07) is 5.22. The molecule has 0 amide bonds. The van der Waals surface area contributed by atoms with E-state index in [1.165, 1.54) is 18.2 Å². The number of rotatable bonds is 3. The summed E-state index contributed by atoms with van der Waals surface area (Å²) in [5, 5.41) is 10.4. The molecule has 0 N–H and O–H groups in total. The highest BCUT2D eigenvalue weighted by molar-refractivity contribution is 5.96. The molecule has 1 aromatic rings. The van der Waals surface area contributed by atoms with Gasteiger partial charge in [0.05, 0.1) is 4.92 Å². The van der Waals surface area contributed by atoms with Gasteiger partial charge in [0.2, 0.25) is 0 Å². The average molecular weight is 195 g/mol. The highest BCUT2D eigenvalue weighted by Gasteiger charge is 2.19. The molecule has 0 atom stereocenters. The van der Waals surface area contributed by atoms with E-state index in [2.05, 4.69) is 4.74 Å². The van der Waals surface area contributed by atoms with Crippen molar-refractivity contribution in [1.82, 2.24) is 0 Å². The van der Waals surface area contributed by atoms with E-state index in [0.29, 0.717) is 0 Å². The average Bonchev–Trinajstić information content (AvgIpc) is 2.18. The normalized spacial score (nSPS) is 9.14. The Bertz CT molecular complexity index is 387. The van der Waals surface area contributed by atoms with Crippen molar-refractivity contribution in [3.8, 4) is 0 Å². The van der Waals surface area contributed by atoms with Gasteiger partial charge in [0.1, 0.15) is 5.56 Å². The Kier molecular flexibility index (Phi) is 2.90. The van der Waals surface area contributed by atoms with Gasteiger partial charge in [0.15, 0.2) is 0 Å². The lowest BCUT2D eigenvalue weighted by Gasteiger charge is -1.98. The van der Waals surface area contributed by atoms with Gasteiger partial charge in [-0.3, -0.25) is 14.9 Å². The monoisotopic (exact) mass is 195 g/mol. The van der Waals surface area contributed by atoms with E-state index in [1.54, 1.807) is 0 Å². The molecule has 1 rings (SSSR count). The molecule has 6 heteroatoms. The highest BCUT2D eigenvalue weighted by Crippen LogP contribution is 2.17. The highest BCUT2D eigenvalue weighted by atomic mass is 16.6. The summed E-state index contributed by atoms with van der Waals surface area (Å²) in [5.74, 6) is -1.03. The van der Waals surface area contributed by atoms with E-state index in [-0.39, 0.29) is 17.7 Å². The van der Waals surface area contributed by atoms with Crippen molar-refractivity contribution in [2.24, 2.45) is 0 Å². The Hall–Kier alpha value is -2.24. The second-order valence-corrected chi connectivity index (χ2v) is 2.28. The largest absolute Gasteiger partial charge is 0.392 e. The number of nitrogens with zero attached hydrogens (tertiary/aromatic N) is 1. The third kappa shape index (κ3) is 1.92. The number of carbonyl (C=O) groups excluding carboxylic acids is 2. The van der Waals surface area contributed by atoms with Crippen molar-refractivity contribution >= 4 is 18.1 Å². The van der Waals surface area contributed by atoms with Gasteiger partial charge in [-0.1, -0.05) is 12.1 Å².